The highest BCUT2D eigenvalue weighted by Gasteiger charge is 2.14. The topological polar surface area (TPSA) is 52.8 Å². The lowest BCUT2D eigenvalue weighted by Crippen LogP contribution is -2.18. The van der Waals surface area contributed by atoms with Crippen LogP contribution in [0.2, 0.25) is 5.02 Å². The van der Waals surface area contributed by atoms with Gasteiger partial charge in [0.2, 0.25) is 5.76 Å². The predicted octanol–water partition coefficient (Wildman–Crippen LogP) is 2.21. The molecule has 1 amide bonds. The Balaban J connectivity index is 2.05. The summed E-state index contributed by atoms with van der Waals surface area (Å²) in [6.45, 7) is 0.813. The minimum atomic E-state index is -0.446. The third kappa shape index (κ3) is 2.44. The van der Waals surface area contributed by atoms with Gasteiger partial charge in [-0.2, -0.15) is 4.99 Å². The molecule has 0 bridgehead atoms. The number of carbonyl (C=O) groups is 1. The second kappa shape index (κ2) is 5.30. The maximum Gasteiger partial charge on any atom is 0.317 e. The van der Waals surface area contributed by atoms with Gasteiger partial charge in [-0.15, -0.1) is 0 Å². The van der Waals surface area contributed by atoms with E-state index in [9.17, 15) is 4.79 Å². The zero-order valence-corrected chi connectivity index (χ0v) is 12.2. The second-order valence-corrected chi connectivity index (χ2v) is 5.62. The number of halogens is 1. The van der Waals surface area contributed by atoms with Gasteiger partial charge in [0.05, 0.1) is 10.2 Å². The van der Waals surface area contributed by atoms with Crippen molar-refractivity contribution >= 4 is 39.1 Å². The smallest absolute Gasteiger partial charge is 0.317 e. The molecule has 1 aromatic heterocycles. The molecule has 0 unspecified atom stereocenters. The molecule has 0 aliphatic carbocycles. The summed E-state index contributed by atoms with van der Waals surface area (Å²) in [5.41, 5.74) is 0.973. The summed E-state index contributed by atoms with van der Waals surface area (Å²) < 4.78 is 13.1. The highest BCUT2D eigenvalue weighted by atomic mass is 35.5. The fourth-order valence-corrected chi connectivity index (χ4v) is 3.13. The summed E-state index contributed by atoms with van der Waals surface area (Å²) in [6, 6.07) is 5.56. The van der Waals surface area contributed by atoms with Crippen LogP contribution in [-0.2, 0) is 21.3 Å². The van der Waals surface area contributed by atoms with Crippen LogP contribution in [0.3, 0.4) is 0 Å². The van der Waals surface area contributed by atoms with Crippen LogP contribution < -0.4 is 4.80 Å². The Kier molecular flexibility index (Phi) is 3.50. The Morgan fingerprint density at radius 1 is 1.45 bits per heavy atom. The molecule has 2 heterocycles. The van der Waals surface area contributed by atoms with Gasteiger partial charge < -0.3 is 14.0 Å². The van der Waals surface area contributed by atoms with E-state index in [-0.39, 0.29) is 5.76 Å². The van der Waals surface area contributed by atoms with Crippen molar-refractivity contribution in [2.75, 3.05) is 13.2 Å². The van der Waals surface area contributed by atoms with E-state index >= 15 is 0 Å². The molecule has 0 N–H and O–H groups in total. The van der Waals surface area contributed by atoms with Gasteiger partial charge in [0.1, 0.15) is 19.5 Å². The average molecular weight is 311 g/mol. The van der Waals surface area contributed by atoms with Crippen molar-refractivity contribution in [1.82, 2.24) is 4.57 Å². The number of fused-ring (bicyclic) bond motifs is 1. The zero-order valence-electron chi connectivity index (χ0n) is 10.6. The van der Waals surface area contributed by atoms with E-state index in [1.807, 2.05) is 29.8 Å². The Bertz CT molecular complexity index is 776. The maximum absolute atomic E-state index is 12.0. The third-order valence-electron chi connectivity index (χ3n) is 2.83. The molecule has 2 aromatic rings. The highest BCUT2D eigenvalue weighted by Crippen LogP contribution is 2.21. The summed E-state index contributed by atoms with van der Waals surface area (Å²) in [6.07, 6.45) is 1.31. The van der Waals surface area contributed by atoms with Gasteiger partial charge in [-0.05, 0) is 18.2 Å². The molecule has 1 aromatic carbocycles. The quantitative estimate of drug-likeness (QED) is 0.811. The fourth-order valence-electron chi connectivity index (χ4n) is 1.84. The van der Waals surface area contributed by atoms with Crippen LogP contribution in [0.25, 0.3) is 10.2 Å². The molecule has 7 heteroatoms. The van der Waals surface area contributed by atoms with Gasteiger partial charge in [0, 0.05) is 12.1 Å². The van der Waals surface area contributed by atoms with Gasteiger partial charge >= 0.3 is 5.91 Å². The predicted molar refractivity (Wildman–Crippen MR) is 76.4 cm³/mol. The van der Waals surface area contributed by atoms with Crippen molar-refractivity contribution in [3.63, 3.8) is 0 Å². The number of benzene rings is 1. The van der Waals surface area contributed by atoms with E-state index in [4.69, 9.17) is 21.1 Å². The number of carbonyl (C=O) groups excluding carboxylic acids is 1. The minimum Gasteiger partial charge on any atom is -0.494 e. The molecule has 0 saturated carbocycles. The number of nitrogens with zero attached hydrogens (tertiary/aromatic N) is 2. The third-order valence-corrected chi connectivity index (χ3v) is 4.16. The first-order valence-corrected chi connectivity index (χ1v) is 7.13. The first-order valence-electron chi connectivity index (χ1n) is 5.94. The summed E-state index contributed by atoms with van der Waals surface area (Å²) in [4.78, 5) is 16.7. The van der Waals surface area contributed by atoms with E-state index < -0.39 is 5.91 Å². The summed E-state index contributed by atoms with van der Waals surface area (Å²) in [5, 5.41) is 0.656. The molecule has 0 radical (unpaired) electrons. The Morgan fingerprint density at radius 2 is 2.30 bits per heavy atom. The van der Waals surface area contributed by atoms with Crippen molar-refractivity contribution in [2.24, 2.45) is 12.0 Å². The van der Waals surface area contributed by atoms with Crippen LogP contribution in [0.1, 0.15) is 0 Å². The molecule has 0 atom stereocenters. The number of aromatic nitrogens is 1. The van der Waals surface area contributed by atoms with E-state index in [0.29, 0.717) is 23.0 Å². The fraction of sp³-hybridized carbons (Fsp3) is 0.231. The molecular weight excluding hydrogens is 300 g/mol. The van der Waals surface area contributed by atoms with Crippen molar-refractivity contribution in [3.05, 3.63) is 40.0 Å². The molecule has 0 fully saturated rings. The number of aryl methyl sites for hydroxylation is 1. The van der Waals surface area contributed by atoms with Crippen molar-refractivity contribution in [2.45, 2.75) is 0 Å². The van der Waals surface area contributed by atoms with Crippen molar-refractivity contribution in [1.29, 1.82) is 0 Å². The Labute approximate surface area is 123 Å². The van der Waals surface area contributed by atoms with Gasteiger partial charge in [-0.1, -0.05) is 22.9 Å². The molecule has 1 aliphatic heterocycles. The minimum absolute atomic E-state index is 0.131. The first-order chi connectivity index (χ1) is 9.65. The van der Waals surface area contributed by atoms with Crippen LogP contribution in [0.15, 0.2) is 35.2 Å². The molecule has 0 spiro atoms. The van der Waals surface area contributed by atoms with Gasteiger partial charge in [0.25, 0.3) is 0 Å². The van der Waals surface area contributed by atoms with E-state index in [2.05, 4.69) is 4.99 Å². The molecule has 20 heavy (non-hydrogen) atoms. The lowest BCUT2D eigenvalue weighted by molar-refractivity contribution is -0.119. The van der Waals surface area contributed by atoms with Crippen LogP contribution in [0, 0.1) is 0 Å². The van der Waals surface area contributed by atoms with Crippen molar-refractivity contribution in [3.8, 4) is 0 Å². The van der Waals surface area contributed by atoms with E-state index in [1.54, 1.807) is 0 Å². The number of rotatable bonds is 1. The molecular formula is C13H11ClN2O3S. The number of hydrogen-bond acceptors (Lipinski definition) is 4. The lowest BCUT2D eigenvalue weighted by atomic mass is 10.3. The average Bonchev–Trinajstić information content (AvgIpc) is 2.75. The normalized spacial score (nSPS) is 15.7. The van der Waals surface area contributed by atoms with E-state index in [0.717, 1.165) is 10.2 Å². The van der Waals surface area contributed by atoms with Gasteiger partial charge in [-0.25, -0.2) is 0 Å². The SMILES string of the molecule is Cn1c(=NC(=O)C2=COCCO2)sc2cc(Cl)ccc21. The number of ether oxygens (including phenoxy) is 2. The monoisotopic (exact) mass is 310 g/mol. The highest BCUT2D eigenvalue weighted by molar-refractivity contribution is 7.16. The van der Waals surface area contributed by atoms with Crippen molar-refractivity contribution < 1.29 is 14.3 Å². The summed E-state index contributed by atoms with van der Waals surface area (Å²) in [7, 11) is 1.85. The number of hydrogen-bond donors (Lipinski definition) is 0. The zero-order chi connectivity index (χ0) is 14.1. The maximum atomic E-state index is 12.0. The van der Waals surface area contributed by atoms with Gasteiger partial charge in [-0.3, -0.25) is 4.79 Å². The van der Waals surface area contributed by atoms with Gasteiger partial charge in [0.15, 0.2) is 4.80 Å². The molecule has 104 valence electrons. The number of amides is 1. The van der Waals surface area contributed by atoms with Crippen LogP contribution in [0.4, 0.5) is 0 Å². The molecule has 5 nitrogen and oxygen atoms in total. The largest absolute Gasteiger partial charge is 0.494 e. The van der Waals surface area contributed by atoms with Crippen LogP contribution in [-0.4, -0.2) is 23.7 Å². The van der Waals surface area contributed by atoms with E-state index in [1.165, 1.54) is 17.6 Å². The van der Waals surface area contributed by atoms with Crippen LogP contribution >= 0.6 is 22.9 Å². The summed E-state index contributed by atoms with van der Waals surface area (Å²) in [5.74, 6) is -0.315. The Hall–Kier alpha value is -1.79. The molecule has 1 aliphatic rings. The Morgan fingerprint density at radius 3 is 3.05 bits per heavy atom. The standard InChI is InChI=1S/C13H11ClN2O3S/c1-16-9-3-2-8(14)6-11(9)20-13(16)15-12(17)10-7-18-4-5-19-10/h2-3,6-7H,4-5H2,1H3. The van der Waals surface area contributed by atoms with Crippen LogP contribution in [0.5, 0.6) is 0 Å². The molecule has 0 saturated heterocycles. The first kappa shape index (κ1) is 13.2. The lowest BCUT2D eigenvalue weighted by Gasteiger charge is -2.12. The summed E-state index contributed by atoms with van der Waals surface area (Å²) >= 11 is 7.36. The molecule has 3 rings (SSSR count). The number of thiazole rings is 1. The second-order valence-electron chi connectivity index (χ2n) is 4.17.